The Labute approximate surface area is 132 Å². The van der Waals surface area contributed by atoms with Gasteiger partial charge in [-0.3, -0.25) is 4.90 Å². The summed E-state index contributed by atoms with van der Waals surface area (Å²) in [5.41, 5.74) is 0. The standard InChI is InChI=1S/C11H18BrN5O3S/c1-15-11(10(12)13-14-15)21(18,19)17-3-2-9(8-17)16-4-6-20-7-5-16/h9H,2-8H2,1H3. The molecular formula is C11H18BrN5O3S. The molecule has 0 N–H and O–H groups in total. The van der Waals surface area contributed by atoms with Crippen molar-refractivity contribution in [2.75, 3.05) is 39.4 Å². The molecule has 1 unspecified atom stereocenters. The minimum atomic E-state index is -3.56. The molecule has 2 aliphatic rings. The van der Waals surface area contributed by atoms with Crippen LogP contribution in [0, 0.1) is 0 Å². The highest BCUT2D eigenvalue weighted by Gasteiger charge is 2.38. The van der Waals surface area contributed by atoms with E-state index < -0.39 is 10.0 Å². The molecule has 3 heterocycles. The zero-order valence-electron chi connectivity index (χ0n) is 11.8. The van der Waals surface area contributed by atoms with E-state index in [1.54, 1.807) is 7.05 Å². The second-order valence-electron chi connectivity index (χ2n) is 5.26. The Morgan fingerprint density at radius 3 is 2.62 bits per heavy atom. The van der Waals surface area contributed by atoms with Crippen molar-refractivity contribution in [2.45, 2.75) is 17.5 Å². The van der Waals surface area contributed by atoms with Gasteiger partial charge in [-0.25, -0.2) is 13.1 Å². The average molecular weight is 380 g/mol. The SMILES string of the molecule is Cn1nnc(Br)c1S(=O)(=O)N1CCC(N2CCOCC2)C1. The van der Waals surface area contributed by atoms with Crippen molar-refractivity contribution < 1.29 is 13.2 Å². The van der Waals surface area contributed by atoms with Gasteiger partial charge in [-0.15, -0.1) is 5.10 Å². The molecule has 1 atom stereocenters. The van der Waals surface area contributed by atoms with E-state index in [0.29, 0.717) is 13.1 Å². The van der Waals surface area contributed by atoms with Gasteiger partial charge in [0.05, 0.1) is 13.2 Å². The number of halogens is 1. The smallest absolute Gasteiger partial charge is 0.263 e. The van der Waals surface area contributed by atoms with Gasteiger partial charge in [0, 0.05) is 39.3 Å². The van der Waals surface area contributed by atoms with Crippen molar-refractivity contribution in [3.05, 3.63) is 4.60 Å². The molecule has 0 saturated carbocycles. The monoisotopic (exact) mass is 379 g/mol. The second kappa shape index (κ2) is 5.92. The molecule has 0 spiro atoms. The number of hydrogen-bond donors (Lipinski definition) is 0. The Balaban J connectivity index is 1.76. The van der Waals surface area contributed by atoms with Crippen LogP contribution in [-0.4, -0.2) is 78.1 Å². The molecule has 1 aromatic heterocycles. The second-order valence-corrected chi connectivity index (χ2v) is 7.87. The van der Waals surface area contributed by atoms with Crippen molar-refractivity contribution >= 4 is 26.0 Å². The topological polar surface area (TPSA) is 80.6 Å². The molecule has 0 radical (unpaired) electrons. The summed E-state index contributed by atoms with van der Waals surface area (Å²) in [6.45, 7) is 4.23. The van der Waals surface area contributed by atoms with Gasteiger partial charge in [0.15, 0.2) is 4.60 Å². The molecule has 8 nitrogen and oxygen atoms in total. The van der Waals surface area contributed by atoms with Gasteiger partial charge in [0.1, 0.15) is 0 Å². The van der Waals surface area contributed by atoms with Crippen LogP contribution in [0.1, 0.15) is 6.42 Å². The molecule has 0 bridgehead atoms. The fraction of sp³-hybridized carbons (Fsp3) is 0.818. The lowest BCUT2D eigenvalue weighted by Crippen LogP contribution is -2.45. The van der Waals surface area contributed by atoms with Crippen LogP contribution in [0.15, 0.2) is 9.63 Å². The highest BCUT2D eigenvalue weighted by molar-refractivity contribution is 9.10. The van der Waals surface area contributed by atoms with E-state index in [9.17, 15) is 8.42 Å². The van der Waals surface area contributed by atoms with Crippen molar-refractivity contribution in [2.24, 2.45) is 7.05 Å². The summed E-state index contributed by atoms with van der Waals surface area (Å²) in [5.74, 6) is 0. The van der Waals surface area contributed by atoms with Gasteiger partial charge < -0.3 is 4.74 Å². The molecule has 2 saturated heterocycles. The number of aryl methyl sites for hydroxylation is 1. The van der Waals surface area contributed by atoms with Crippen molar-refractivity contribution in [3.63, 3.8) is 0 Å². The third-order valence-corrected chi connectivity index (χ3v) is 6.76. The molecule has 2 fully saturated rings. The van der Waals surface area contributed by atoms with Gasteiger partial charge >= 0.3 is 0 Å². The average Bonchev–Trinajstić information content (AvgIpc) is 3.08. The van der Waals surface area contributed by atoms with Gasteiger partial charge in [-0.1, -0.05) is 5.21 Å². The zero-order valence-corrected chi connectivity index (χ0v) is 14.2. The molecule has 3 rings (SSSR count). The molecule has 118 valence electrons. The number of aromatic nitrogens is 3. The van der Waals surface area contributed by atoms with Crippen LogP contribution in [0.5, 0.6) is 0 Å². The summed E-state index contributed by atoms with van der Waals surface area (Å²) in [6, 6.07) is 0.267. The minimum Gasteiger partial charge on any atom is -0.379 e. The molecule has 0 aliphatic carbocycles. The van der Waals surface area contributed by atoms with Crippen LogP contribution < -0.4 is 0 Å². The lowest BCUT2D eigenvalue weighted by atomic mass is 10.2. The summed E-state index contributed by atoms with van der Waals surface area (Å²) < 4.78 is 33.9. The predicted molar refractivity (Wildman–Crippen MR) is 78.3 cm³/mol. The number of nitrogens with zero attached hydrogens (tertiary/aromatic N) is 5. The maximum absolute atomic E-state index is 12.7. The van der Waals surface area contributed by atoms with E-state index >= 15 is 0 Å². The fourth-order valence-corrected chi connectivity index (χ4v) is 5.41. The van der Waals surface area contributed by atoms with Crippen LogP contribution in [0.3, 0.4) is 0 Å². The van der Waals surface area contributed by atoms with Crippen LogP contribution in [-0.2, 0) is 21.8 Å². The lowest BCUT2D eigenvalue weighted by Gasteiger charge is -2.32. The third-order valence-electron chi connectivity index (χ3n) is 4.01. The zero-order chi connectivity index (χ0) is 15.0. The summed E-state index contributed by atoms with van der Waals surface area (Å²) in [4.78, 5) is 2.32. The van der Waals surface area contributed by atoms with Crippen molar-refractivity contribution in [1.82, 2.24) is 24.2 Å². The van der Waals surface area contributed by atoms with E-state index in [1.807, 2.05) is 0 Å². The normalized spacial score (nSPS) is 25.5. The summed E-state index contributed by atoms with van der Waals surface area (Å²) in [6.07, 6.45) is 0.849. The van der Waals surface area contributed by atoms with E-state index in [1.165, 1.54) is 8.99 Å². The molecule has 1 aromatic rings. The van der Waals surface area contributed by atoms with Gasteiger partial charge in [0.2, 0.25) is 5.03 Å². The predicted octanol–water partition coefficient (Wildman–Crippen LogP) is -0.327. The Morgan fingerprint density at radius 1 is 1.29 bits per heavy atom. The number of morpholine rings is 1. The van der Waals surface area contributed by atoms with Crippen molar-refractivity contribution in [1.29, 1.82) is 0 Å². The molecule has 10 heteroatoms. The maximum atomic E-state index is 12.7. The highest BCUT2D eigenvalue weighted by atomic mass is 79.9. The van der Waals surface area contributed by atoms with E-state index in [0.717, 1.165) is 32.7 Å². The van der Waals surface area contributed by atoms with Crippen LogP contribution >= 0.6 is 15.9 Å². The first-order valence-electron chi connectivity index (χ1n) is 6.87. The largest absolute Gasteiger partial charge is 0.379 e. The maximum Gasteiger partial charge on any atom is 0.263 e. The molecule has 0 aromatic carbocycles. The summed E-state index contributed by atoms with van der Waals surface area (Å²) >= 11 is 3.16. The quantitative estimate of drug-likeness (QED) is 0.715. The Kier molecular flexibility index (Phi) is 4.33. The number of sulfonamides is 1. The van der Waals surface area contributed by atoms with E-state index in [-0.39, 0.29) is 15.7 Å². The number of hydrogen-bond acceptors (Lipinski definition) is 6. The van der Waals surface area contributed by atoms with Crippen LogP contribution in [0.25, 0.3) is 0 Å². The Hall–Kier alpha value is -0.550. The first kappa shape index (κ1) is 15.3. The summed E-state index contributed by atoms with van der Waals surface area (Å²) in [5, 5.41) is 7.63. The van der Waals surface area contributed by atoms with E-state index in [4.69, 9.17) is 4.74 Å². The molecular weight excluding hydrogens is 362 g/mol. The highest BCUT2D eigenvalue weighted by Crippen LogP contribution is 2.27. The minimum absolute atomic E-state index is 0.116. The van der Waals surface area contributed by atoms with Crippen molar-refractivity contribution in [3.8, 4) is 0 Å². The summed E-state index contributed by atoms with van der Waals surface area (Å²) in [7, 11) is -1.98. The van der Waals surface area contributed by atoms with Crippen LogP contribution in [0.2, 0.25) is 0 Å². The third kappa shape index (κ3) is 2.87. The van der Waals surface area contributed by atoms with Gasteiger partial charge in [-0.2, -0.15) is 4.31 Å². The Bertz CT molecular complexity index is 594. The van der Waals surface area contributed by atoms with Crippen LogP contribution in [0.4, 0.5) is 0 Å². The van der Waals surface area contributed by atoms with Gasteiger partial charge in [-0.05, 0) is 22.4 Å². The first-order valence-corrected chi connectivity index (χ1v) is 9.10. The lowest BCUT2D eigenvalue weighted by molar-refractivity contribution is 0.0196. The fourth-order valence-electron chi connectivity index (χ4n) is 2.89. The van der Waals surface area contributed by atoms with Gasteiger partial charge in [0.25, 0.3) is 10.0 Å². The number of rotatable bonds is 3. The molecule has 0 amide bonds. The molecule has 2 aliphatic heterocycles. The molecule has 21 heavy (non-hydrogen) atoms. The van der Waals surface area contributed by atoms with E-state index in [2.05, 4.69) is 31.1 Å². The Morgan fingerprint density at radius 2 is 2.00 bits per heavy atom. The number of ether oxygens (including phenoxy) is 1. The first-order chi connectivity index (χ1) is 10.00.